The van der Waals surface area contributed by atoms with Gasteiger partial charge in [-0.05, 0) is 35.4 Å². The van der Waals surface area contributed by atoms with Crippen LogP contribution >= 0.6 is 0 Å². The molecule has 0 radical (unpaired) electrons. The molecule has 0 aliphatic heterocycles. The highest BCUT2D eigenvalue weighted by molar-refractivity contribution is 5.77. The van der Waals surface area contributed by atoms with Gasteiger partial charge in [-0.25, -0.2) is 4.98 Å². The van der Waals surface area contributed by atoms with Crippen molar-refractivity contribution in [3.63, 3.8) is 0 Å². The SMILES string of the molecule is c1ccc(-c2ccc(Oc3ccc4ccncc4n3)cc2)cc1. The lowest BCUT2D eigenvalue weighted by Crippen LogP contribution is -1.89. The van der Waals surface area contributed by atoms with Crippen molar-refractivity contribution in [1.82, 2.24) is 9.97 Å². The van der Waals surface area contributed by atoms with Gasteiger partial charge in [0.1, 0.15) is 5.75 Å². The van der Waals surface area contributed by atoms with Crippen LogP contribution in [0, 0.1) is 0 Å². The molecule has 0 spiro atoms. The van der Waals surface area contributed by atoms with E-state index in [0.29, 0.717) is 5.88 Å². The van der Waals surface area contributed by atoms with Crippen LogP contribution in [0.4, 0.5) is 0 Å². The molecule has 3 heteroatoms. The molecular formula is C20H14N2O. The normalized spacial score (nSPS) is 10.6. The largest absolute Gasteiger partial charge is 0.439 e. The van der Waals surface area contributed by atoms with Crippen LogP contribution in [0.5, 0.6) is 11.6 Å². The number of aromatic nitrogens is 2. The van der Waals surface area contributed by atoms with E-state index in [0.717, 1.165) is 22.2 Å². The first-order chi connectivity index (χ1) is 11.4. The average molecular weight is 298 g/mol. The van der Waals surface area contributed by atoms with Crippen molar-refractivity contribution in [2.75, 3.05) is 0 Å². The minimum Gasteiger partial charge on any atom is -0.439 e. The Morgan fingerprint density at radius 2 is 1.48 bits per heavy atom. The number of nitrogens with zero attached hydrogens (tertiary/aromatic N) is 2. The molecule has 4 aromatic rings. The lowest BCUT2D eigenvalue weighted by Gasteiger charge is -2.07. The summed E-state index contributed by atoms with van der Waals surface area (Å²) in [6.07, 6.45) is 3.49. The summed E-state index contributed by atoms with van der Waals surface area (Å²) in [6.45, 7) is 0. The Bertz CT molecular complexity index is 934. The number of ether oxygens (including phenoxy) is 1. The molecule has 0 unspecified atom stereocenters. The number of pyridine rings is 2. The maximum atomic E-state index is 5.84. The van der Waals surface area contributed by atoms with Crippen molar-refractivity contribution in [2.24, 2.45) is 0 Å². The van der Waals surface area contributed by atoms with Crippen LogP contribution in [0.1, 0.15) is 0 Å². The predicted octanol–water partition coefficient (Wildman–Crippen LogP) is 5.09. The van der Waals surface area contributed by atoms with Gasteiger partial charge in [-0.2, -0.15) is 0 Å². The Hall–Kier alpha value is -3.20. The van der Waals surface area contributed by atoms with Crippen molar-refractivity contribution in [2.45, 2.75) is 0 Å². The molecule has 3 nitrogen and oxygen atoms in total. The quantitative estimate of drug-likeness (QED) is 0.528. The lowest BCUT2D eigenvalue weighted by molar-refractivity contribution is 0.465. The second-order valence-electron chi connectivity index (χ2n) is 5.21. The molecule has 0 saturated carbocycles. The van der Waals surface area contributed by atoms with Crippen LogP contribution in [0.2, 0.25) is 0 Å². The van der Waals surface area contributed by atoms with Crippen LogP contribution in [-0.2, 0) is 0 Å². The van der Waals surface area contributed by atoms with Gasteiger partial charge in [-0.1, -0.05) is 42.5 Å². The van der Waals surface area contributed by atoms with E-state index in [1.165, 1.54) is 5.56 Å². The summed E-state index contributed by atoms with van der Waals surface area (Å²) in [5.41, 5.74) is 3.17. The molecule has 0 atom stereocenters. The van der Waals surface area contributed by atoms with Gasteiger partial charge in [0, 0.05) is 17.6 Å². The number of hydrogen-bond acceptors (Lipinski definition) is 3. The number of fused-ring (bicyclic) bond motifs is 1. The van der Waals surface area contributed by atoms with E-state index in [2.05, 4.69) is 22.1 Å². The zero-order chi connectivity index (χ0) is 15.5. The first-order valence-corrected chi connectivity index (χ1v) is 7.43. The van der Waals surface area contributed by atoms with Crippen molar-refractivity contribution in [3.05, 3.63) is 85.2 Å². The Kier molecular flexibility index (Phi) is 3.45. The summed E-state index contributed by atoms with van der Waals surface area (Å²) in [5.74, 6) is 1.33. The molecule has 0 aliphatic rings. The van der Waals surface area contributed by atoms with Crippen molar-refractivity contribution >= 4 is 10.9 Å². The van der Waals surface area contributed by atoms with Crippen molar-refractivity contribution in [1.29, 1.82) is 0 Å². The molecule has 110 valence electrons. The molecule has 0 fully saturated rings. The average Bonchev–Trinajstić information content (AvgIpc) is 2.63. The highest BCUT2D eigenvalue weighted by Crippen LogP contribution is 2.25. The predicted molar refractivity (Wildman–Crippen MR) is 91.5 cm³/mol. The number of benzene rings is 2. The zero-order valence-corrected chi connectivity index (χ0v) is 12.4. The van der Waals surface area contributed by atoms with Crippen LogP contribution in [0.25, 0.3) is 22.0 Å². The van der Waals surface area contributed by atoms with Crippen LogP contribution in [0.15, 0.2) is 85.2 Å². The second kappa shape index (κ2) is 5.89. The number of rotatable bonds is 3. The lowest BCUT2D eigenvalue weighted by atomic mass is 10.1. The molecule has 23 heavy (non-hydrogen) atoms. The van der Waals surface area contributed by atoms with Gasteiger partial charge in [-0.3, -0.25) is 4.98 Å². The Morgan fingerprint density at radius 1 is 0.696 bits per heavy atom. The summed E-state index contributed by atoms with van der Waals surface area (Å²) in [4.78, 5) is 8.55. The number of hydrogen-bond donors (Lipinski definition) is 0. The highest BCUT2D eigenvalue weighted by atomic mass is 16.5. The monoisotopic (exact) mass is 298 g/mol. The van der Waals surface area contributed by atoms with Crippen molar-refractivity contribution in [3.8, 4) is 22.8 Å². The molecule has 4 rings (SSSR count). The van der Waals surface area contributed by atoms with Crippen LogP contribution in [-0.4, -0.2) is 9.97 Å². The third kappa shape index (κ3) is 2.90. The van der Waals surface area contributed by atoms with Gasteiger partial charge in [0.05, 0.1) is 11.7 Å². The van der Waals surface area contributed by atoms with Gasteiger partial charge in [0.2, 0.25) is 5.88 Å². The summed E-state index contributed by atoms with van der Waals surface area (Å²) in [6, 6.07) is 24.1. The first kappa shape index (κ1) is 13.5. The van der Waals surface area contributed by atoms with Gasteiger partial charge >= 0.3 is 0 Å². The molecule has 2 aromatic carbocycles. The van der Waals surface area contributed by atoms with E-state index in [1.807, 2.05) is 60.7 Å². The Morgan fingerprint density at radius 3 is 2.30 bits per heavy atom. The molecule has 0 N–H and O–H groups in total. The Labute approximate surface area is 134 Å². The zero-order valence-electron chi connectivity index (χ0n) is 12.4. The molecule has 0 bridgehead atoms. The second-order valence-corrected chi connectivity index (χ2v) is 5.21. The van der Waals surface area contributed by atoms with Crippen molar-refractivity contribution < 1.29 is 4.74 Å². The fourth-order valence-electron chi connectivity index (χ4n) is 2.47. The minimum atomic E-state index is 0.568. The first-order valence-electron chi connectivity index (χ1n) is 7.43. The van der Waals surface area contributed by atoms with E-state index in [4.69, 9.17) is 4.74 Å². The smallest absolute Gasteiger partial charge is 0.219 e. The van der Waals surface area contributed by atoms with E-state index in [-0.39, 0.29) is 0 Å². The fraction of sp³-hybridized carbons (Fsp3) is 0. The van der Waals surface area contributed by atoms with Crippen LogP contribution in [0.3, 0.4) is 0 Å². The maximum Gasteiger partial charge on any atom is 0.219 e. The highest BCUT2D eigenvalue weighted by Gasteiger charge is 2.02. The summed E-state index contributed by atoms with van der Waals surface area (Å²) < 4.78 is 5.84. The van der Waals surface area contributed by atoms with E-state index >= 15 is 0 Å². The summed E-state index contributed by atoms with van der Waals surface area (Å²) in [5, 5.41) is 1.05. The van der Waals surface area contributed by atoms with Crippen LogP contribution < -0.4 is 4.74 Å². The minimum absolute atomic E-state index is 0.568. The van der Waals surface area contributed by atoms with Gasteiger partial charge in [-0.15, -0.1) is 0 Å². The molecule has 2 heterocycles. The Balaban J connectivity index is 1.58. The molecule has 0 aliphatic carbocycles. The molecule has 2 aromatic heterocycles. The van der Waals surface area contributed by atoms with E-state index in [1.54, 1.807) is 12.4 Å². The van der Waals surface area contributed by atoms with Gasteiger partial charge < -0.3 is 4.74 Å². The third-order valence-electron chi connectivity index (χ3n) is 3.65. The molecule has 0 amide bonds. The summed E-state index contributed by atoms with van der Waals surface area (Å²) >= 11 is 0. The van der Waals surface area contributed by atoms with Gasteiger partial charge in [0.15, 0.2) is 0 Å². The van der Waals surface area contributed by atoms with E-state index in [9.17, 15) is 0 Å². The fourth-order valence-corrected chi connectivity index (χ4v) is 2.47. The van der Waals surface area contributed by atoms with Gasteiger partial charge in [0.25, 0.3) is 0 Å². The molecule has 0 saturated heterocycles. The third-order valence-corrected chi connectivity index (χ3v) is 3.65. The topological polar surface area (TPSA) is 35.0 Å². The van der Waals surface area contributed by atoms with E-state index < -0.39 is 0 Å². The summed E-state index contributed by atoms with van der Waals surface area (Å²) in [7, 11) is 0. The standard InChI is InChI=1S/C20H14N2O/c1-2-4-15(5-3-1)16-6-9-18(10-7-16)23-20-11-8-17-12-13-21-14-19(17)22-20/h1-14H. The maximum absolute atomic E-state index is 5.84. The molecular weight excluding hydrogens is 284 g/mol.